The number of halogens is 1. The lowest BCUT2D eigenvalue weighted by Crippen LogP contribution is -2.44. The Balaban J connectivity index is 1.71. The Kier molecular flexibility index (Phi) is 3.29. The van der Waals surface area contributed by atoms with Gasteiger partial charge in [-0.2, -0.15) is 0 Å². The number of alkyl halides is 1. The van der Waals surface area contributed by atoms with E-state index in [9.17, 15) is 9.18 Å². The molecule has 3 heteroatoms. The van der Waals surface area contributed by atoms with Crippen molar-refractivity contribution in [2.75, 3.05) is 19.8 Å². The summed E-state index contributed by atoms with van der Waals surface area (Å²) in [7, 11) is 0. The van der Waals surface area contributed by atoms with Gasteiger partial charge in [-0.15, -0.1) is 0 Å². The third kappa shape index (κ3) is 2.26. The lowest BCUT2D eigenvalue weighted by molar-refractivity contribution is -0.135. The van der Waals surface area contributed by atoms with Gasteiger partial charge < -0.3 is 4.90 Å². The van der Waals surface area contributed by atoms with Gasteiger partial charge in [0.2, 0.25) is 5.91 Å². The van der Waals surface area contributed by atoms with Crippen LogP contribution in [0, 0.1) is 5.92 Å². The van der Waals surface area contributed by atoms with E-state index in [1.54, 1.807) is 0 Å². The fourth-order valence-corrected chi connectivity index (χ4v) is 3.10. The minimum atomic E-state index is -0.260. The number of carbonyl (C=O) groups excluding carboxylic acids is 1. The molecule has 1 aromatic rings. The van der Waals surface area contributed by atoms with Crippen LogP contribution in [0.5, 0.6) is 0 Å². The molecule has 2 aliphatic rings. The van der Waals surface area contributed by atoms with Crippen LogP contribution in [0.25, 0.3) is 0 Å². The molecule has 1 amide bonds. The van der Waals surface area contributed by atoms with Crippen LogP contribution in [-0.2, 0) is 10.2 Å². The Hall–Kier alpha value is -1.38. The molecule has 1 aromatic carbocycles. The number of hydrogen-bond donors (Lipinski definition) is 0. The van der Waals surface area contributed by atoms with Crippen LogP contribution in [-0.4, -0.2) is 30.6 Å². The Bertz CT molecular complexity index is 447. The lowest BCUT2D eigenvalue weighted by atomic mass is 9.92. The number of carbonyl (C=O) groups is 1. The summed E-state index contributed by atoms with van der Waals surface area (Å²) in [4.78, 5) is 14.7. The number of benzene rings is 1. The van der Waals surface area contributed by atoms with Gasteiger partial charge in [0.25, 0.3) is 0 Å². The van der Waals surface area contributed by atoms with Crippen molar-refractivity contribution < 1.29 is 9.18 Å². The molecule has 0 atom stereocenters. The molecule has 102 valence electrons. The standard InChI is InChI=1S/C16H20FNO/c17-12-13-6-10-18(11-7-13)15(19)16(8-9-16)14-4-2-1-3-5-14/h1-5,13H,6-12H2. The summed E-state index contributed by atoms with van der Waals surface area (Å²) in [5, 5.41) is 0. The van der Waals surface area contributed by atoms with Crippen LogP contribution in [0.4, 0.5) is 4.39 Å². The molecule has 1 heterocycles. The van der Waals surface area contributed by atoms with Crippen LogP contribution in [0.15, 0.2) is 30.3 Å². The summed E-state index contributed by atoms with van der Waals surface area (Å²) < 4.78 is 12.6. The average Bonchev–Trinajstić information content (AvgIpc) is 3.29. The predicted molar refractivity (Wildman–Crippen MR) is 72.6 cm³/mol. The fraction of sp³-hybridized carbons (Fsp3) is 0.562. The number of piperidine rings is 1. The Morgan fingerprint density at radius 1 is 1.21 bits per heavy atom. The minimum absolute atomic E-state index is 0.163. The first-order chi connectivity index (χ1) is 9.26. The van der Waals surface area contributed by atoms with Gasteiger partial charge >= 0.3 is 0 Å². The molecule has 1 saturated carbocycles. The van der Waals surface area contributed by atoms with Crippen LogP contribution in [0.3, 0.4) is 0 Å². The number of likely N-dealkylation sites (tertiary alicyclic amines) is 1. The zero-order valence-corrected chi connectivity index (χ0v) is 11.1. The predicted octanol–water partition coefficient (Wildman–Crippen LogP) is 2.93. The van der Waals surface area contributed by atoms with Gasteiger partial charge in [0, 0.05) is 13.1 Å². The molecular weight excluding hydrogens is 241 g/mol. The van der Waals surface area contributed by atoms with E-state index in [0.717, 1.165) is 44.3 Å². The van der Waals surface area contributed by atoms with E-state index < -0.39 is 0 Å². The molecule has 0 unspecified atom stereocenters. The largest absolute Gasteiger partial charge is 0.342 e. The monoisotopic (exact) mass is 261 g/mol. The lowest BCUT2D eigenvalue weighted by Gasteiger charge is -2.33. The first-order valence-electron chi connectivity index (χ1n) is 7.17. The maximum atomic E-state index is 12.7. The molecule has 0 spiro atoms. The van der Waals surface area contributed by atoms with Crippen molar-refractivity contribution in [2.45, 2.75) is 31.1 Å². The van der Waals surface area contributed by atoms with Gasteiger partial charge in [-0.1, -0.05) is 30.3 Å². The average molecular weight is 261 g/mol. The highest BCUT2D eigenvalue weighted by molar-refractivity contribution is 5.91. The molecule has 1 saturated heterocycles. The van der Waals surface area contributed by atoms with E-state index in [0.29, 0.717) is 0 Å². The number of amides is 1. The van der Waals surface area contributed by atoms with Crippen molar-refractivity contribution in [3.05, 3.63) is 35.9 Å². The van der Waals surface area contributed by atoms with Gasteiger partial charge in [0.05, 0.1) is 12.1 Å². The second-order valence-corrected chi connectivity index (χ2v) is 5.84. The topological polar surface area (TPSA) is 20.3 Å². The SMILES string of the molecule is O=C(N1CCC(CF)CC1)C1(c2ccccc2)CC1. The molecule has 0 N–H and O–H groups in total. The molecule has 1 aliphatic carbocycles. The van der Waals surface area contributed by atoms with Gasteiger partial charge in [-0.05, 0) is 37.2 Å². The van der Waals surface area contributed by atoms with Crippen molar-refractivity contribution >= 4 is 5.91 Å². The van der Waals surface area contributed by atoms with Gasteiger partial charge in [0.15, 0.2) is 0 Å². The smallest absolute Gasteiger partial charge is 0.233 e. The molecule has 3 rings (SSSR count). The van der Waals surface area contributed by atoms with Crippen molar-refractivity contribution in [1.82, 2.24) is 4.90 Å². The molecule has 0 radical (unpaired) electrons. The maximum Gasteiger partial charge on any atom is 0.233 e. The van der Waals surface area contributed by atoms with Crippen LogP contribution in [0.1, 0.15) is 31.2 Å². The fourth-order valence-electron chi connectivity index (χ4n) is 3.10. The van der Waals surface area contributed by atoms with Crippen LogP contribution < -0.4 is 0 Å². The summed E-state index contributed by atoms with van der Waals surface area (Å²) in [5.41, 5.74) is 0.886. The number of hydrogen-bond acceptors (Lipinski definition) is 1. The zero-order valence-electron chi connectivity index (χ0n) is 11.1. The first kappa shape index (κ1) is 12.6. The summed E-state index contributed by atoms with van der Waals surface area (Å²) in [5.74, 6) is 0.423. The van der Waals surface area contributed by atoms with Crippen molar-refractivity contribution in [2.24, 2.45) is 5.92 Å². The minimum Gasteiger partial charge on any atom is -0.342 e. The number of rotatable bonds is 3. The van der Waals surface area contributed by atoms with E-state index in [-0.39, 0.29) is 23.9 Å². The third-order valence-corrected chi connectivity index (χ3v) is 4.61. The van der Waals surface area contributed by atoms with Crippen LogP contribution >= 0.6 is 0 Å². The van der Waals surface area contributed by atoms with Crippen molar-refractivity contribution in [3.63, 3.8) is 0 Å². The maximum absolute atomic E-state index is 12.7. The quantitative estimate of drug-likeness (QED) is 0.819. The molecule has 1 aliphatic heterocycles. The summed E-state index contributed by atoms with van der Waals surface area (Å²) >= 11 is 0. The van der Waals surface area contributed by atoms with E-state index in [2.05, 4.69) is 12.1 Å². The highest BCUT2D eigenvalue weighted by Gasteiger charge is 2.53. The second-order valence-electron chi connectivity index (χ2n) is 5.84. The van der Waals surface area contributed by atoms with E-state index in [1.165, 1.54) is 0 Å². The van der Waals surface area contributed by atoms with Gasteiger partial charge in [0.1, 0.15) is 0 Å². The van der Waals surface area contributed by atoms with Gasteiger partial charge in [-0.3, -0.25) is 9.18 Å². The zero-order chi connectivity index (χ0) is 13.3. The summed E-state index contributed by atoms with van der Waals surface area (Å²) in [6, 6.07) is 10.1. The highest BCUT2D eigenvalue weighted by Crippen LogP contribution is 2.49. The second kappa shape index (κ2) is 4.95. The first-order valence-corrected chi connectivity index (χ1v) is 7.17. The molecular formula is C16H20FNO. The van der Waals surface area contributed by atoms with Gasteiger partial charge in [-0.25, -0.2) is 0 Å². The van der Waals surface area contributed by atoms with E-state index >= 15 is 0 Å². The summed E-state index contributed by atoms with van der Waals surface area (Å²) in [6.45, 7) is 1.20. The molecule has 2 fully saturated rings. The molecule has 0 aromatic heterocycles. The Labute approximate surface area is 113 Å². The van der Waals surface area contributed by atoms with E-state index in [1.807, 2.05) is 23.1 Å². The Morgan fingerprint density at radius 3 is 2.37 bits per heavy atom. The highest BCUT2D eigenvalue weighted by atomic mass is 19.1. The van der Waals surface area contributed by atoms with Crippen molar-refractivity contribution in [3.8, 4) is 0 Å². The van der Waals surface area contributed by atoms with E-state index in [4.69, 9.17) is 0 Å². The van der Waals surface area contributed by atoms with Crippen molar-refractivity contribution in [1.29, 1.82) is 0 Å². The Morgan fingerprint density at radius 2 is 1.84 bits per heavy atom. The van der Waals surface area contributed by atoms with Crippen LogP contribution in [0.2, 0.25) is 0 Å². The molecule has 0 bridgehead atoms. The number of nitrogens with zero attached hydrogens (tertiary/aromatic N) is 1. The normalized spacial score (nSPS) is 22.3. The third-order valence-electron chi connectivity index (χ3n) is 4.61. The molecule has 19 heavy (non-hydrogen) atoms. The molecule has 2 nitrogen and oxygen atoms in total. The summed E-state index contributed by atoms with van der Waals surface area (Å²) in [6.07, 6.45) is 3.54.